The van der Waals surface area contributed by atoms with E-state index in [4.69, 9.17) is 0 Å². The minimum absolute atomic E-state index is 0.143. The van der Waals surface area contributed by atoms with Crippen molar-refractivity contribution >= 4 is 5.91 Å². The molecule has 0 fully saturated rings. The van der Waals surface area contributed by atoms with Crippen LogP contribution in [0.25, 0.3) is 0 Å². The number of hydrogen-bond donors (Lipinski definition) is 1. The van der Waals surface area contributed by atoms with Gasteiger partial charge in [-0.2, -0.15) is 13.8 Å². The summed E-state index contributed by atoms with van der Waals surface area (Å²) in [5, 5.41) is 4.89. The normalized spacial score (nSPS) is 11.9. The highest BCUT2D eigenvalue weighted by Gasteiger charge is 2.48. The Morgan fingerprint density at radius 2 is 2.19 bits per heavy atom. The summed E-state index contributed by atoms with van der Waals surface area (Å²) in [6.45, 7) is 0.949. The van der Waals surface area contributed by atoms with Crippen molar-refractivity contribution in [1.29, 1.82) is 0 Å². The van der Waals surface area contributed by atoms with Gasteiger partial charge < -0.3 is 9.84 Å². The summed E-state index contributed by atoms with van der Waals surface area (Å²) in [7, 11) is 0. The molecule has 1 N–H and O–H groups in total. The third-order valence-electron chi connectivity index (χ3n) is 1.55. The van der Waals surface area contributed by atoms with Gasteiger partial charge in [0.2, 0.25) is 5.89 Å². The number of carbonyl (C=O) groups is 1. The molecule has 0 aliphatic heterocycles. The summed E-state index contributed by atoms with van der Waals surface area (Å²) in [6.07, 6.45) is -4.06. The Morgan fingerprint density at radius 1 is 1.56 bits per heavy atom. The minimum atomic E-state index is -4.73. The lowest BCUT2D eigenvalue weighted by Crippen LogP contribution is -2.44. The van der Waals surface area contributed by atoms with Crippen LogP contribution in [0, 0.1) is 6.92 Å². The van der Waals surface area contributed by atoms with Crippen LogP contribution in [0.15, 0.2) is 4.52 Å². The largest absolute Gasteiger partial charge is 0.383 e. The van der Waals surface area contributed by atoms with Gasteiger partial charge in [0.15, 0.2) is 5.82 Å². The molecule has 0 unspecified atom stereocenters. The number of nitrogens with zero attached hydrogens (tertiary/aromatic N) is 2. The molecular weight excluding hydrogens is 234 g/mol. The van der Waals surface area contributed by atoms with Crippen LogP contribution in [0.4, 0.5) is 17.6 Å². The van der Waals surface area contributed by atoms with Crippen LogP contribution in [0.5, 0.6) is 0 Å². The Bertz CT molecular complexity index is 379. The maximum atomic E-state index is 12.4. The highest BCUT2D eigenvalue weighted by molar-refractivity contribution is 5.83. The lowest BCUT2D eigenvalue weighted by atomic mass is 10.3. The van der Waals surface area contributed by atoms with Crippen LogP contribution in [-0.4, -0.2) is 28.4 Å². The molecule has 1 aromatic rings. The molecule has 0 bridgehead atoms. The van der Waals surface area contributed by atoms with Gasteiger partial charge in [0.1, 0.15) is 0 Å². The number of hydrogen-bond acceptors (Lipinski definition) is 4. The molecule has 0 atom stereocenters. The molecule has 0 aromatic carbocycles. The molecule has 0 aliphatic rings. The van der Waals surface area contributed by atoms with Gasteiger partial charge >= 0.3 is 12.3 Å². The van der Waals surface area contributed by atoms with E-state index in [0.717, 1.165) is 0 Å². The Balaban J connectivity index is 2.53. The summed E-state index contributed by atoms with van der Waals surface area (Å²) in [5.74, 6) is -6.71. The number of rotatable bonds is 4. The number of alkyl halides is 4. The molecule has 9 heteroatoms. The Labute approximate surface area is 86.8 Å². The van der Waals surface area contributed by atoms with Gasteiger partial charge in [-0.05, 0) is 6.92 Å². The van der Waals surface area contributed by atoms with Gasteiger partial charge in [-0.15, -0.1) is 0 Å². The molecule has 0 aliphatic carbocycles. The fourth-order valence-corrected chi connectivity index (χ4v) is 0.785. The number of carbonyl (C=O) groups excluding carboxylic acids is 1. The fraction of sp³-hybridized carbons (Fsp3) is 0.571. The Hall–Kier alpha value is -1.67. The van der Waals surface area contributed by atoms with Gasteiger partial charge in [0.05, 0.1) is 6.54 Å². The number of aryl methyl sites for hydroxylation is 1. The van der Waals surface area contributed by atoms with Crippen molar-refractivity contribution in [1.82, 2.24) is 15.5 Å². The summed E-state index contributed by atoms with van der Waals surface area (Å²) in [5.41, 5.74) is 0. The van der Waals surface area contributed by atoms with Gasteiger partial charge in [0, 0.05) is 0 Å². The number of nitrogens with one attached hydrogen (secondary N) is 1. The smallest absolute Gasteiger partial charge is 0.342 e. The molecule has 1 amide bonds. The second kappa shape index (κ2) is 4.45. The summed E-state index contributed by atoms with van der Waals surface area (Å²) < 4.78 is 52.8. The van der Waals surface area contributed by atoms with E-state index in [-0.39, 0.29) is 11.7 Å². The first-order chi connectivity index (χ1) is 7.34. The van der Waals surface area contributed by atoms with Crippen molar-refractivity contribution in [3.63, 3.8) is 0 Å². The van der Waals surface area contributed by atoms with Crippen LogP contribution in [0.3, 0.4) is 0 Å². The van der Waals surface area contributed by atoms with E-state index in [1.54, 1.807) is 5.32 Å². The molecule has 90 valence electrons. The maximum Gasteiger partial charge on any atom is 0.383 e. The average Bonchev–Trinajstić information content (AvgIpc) is 2.60. The van der Waals surface area contributed by atoms with E-state index in [1.165, 1.54) is 6.92 Å². The lowest BCUT2D eigenvalue weighted by molar-refractivity contribution is -0.169. The SMILES string of the molecule is Cc1noc(CNC(=O)C(F)(F)C(F)F)n1. The summed E-state index contributed by atoms with van der Waals surface area (Å²) >= 11 is 0. The topological polar surface area (TPSA) is 68.0 Å². The zero-order valence-corrected chi connectivity index (χ0v) is 8.01. The van der Waals surface area contributed by atoms with E-state index in [2.05, 4.69) is 14.7 Å². The highest BCUT2D eigenvalue weighted by Crippen LogP contribution is 2.22. The number of amides is 1. The summed E-state index contributed by atoms with van der Waals surface area (Å²) in [6, 6.07) is 0. The first-order valence-corrected chi connectivity index (χ1v) is 4.07. The molecule has 1 heterocycles. The third-order valence-corrected chi connectivity index (χ3v) is 1.55. The molecule has 0 radical (unpaired) electrons. The van der Waals surface area contributed by atoms with Gasteiger partial charge in [-0.25, -0.2) is 8.78 Å². The van der Waals surface area contributed by atoms with Crippen LogP contribution in [-0.2, 0) is 11.3 Å². The van der Waals surface area contributed by atoms with Crippen molar-refractivity contribution in [2.45, 2.75) is 25.8 Å². The molecule has 1 aromatic heterocycles. The second-order valence-corrected chi connectivity index (χ2v) is 2.84. The van der Waals surface area contributed by atoms with E-state index in [1.807, 2.05) is 0 Å². The van der Waals surface area contributed by atoms with E-state index < -0.39 is 24.8 Å². The minimum Gasteiger partial charge on any atom is -0.342 e. The molecule has 0 saturated carbocycles. The number of halogens is 4. The van der Waals surface area contributed by atoms with E-state index in [0.29, 0.717) is 0 Å². The van der Waals surface area contributed by atoms with Crippen molar-refractivity contribution in [3.05, 3.63) is 11.7 Å². The van der Waals surface area contributed by atoms with E-state index in [9.17, 15) is 22.4 Å². The predicted molar refractivity (Wildman–Crippen MR) is 41.8 cm³/mol. The van der Waals surface area contributed by atoms with Crippen molar-refractivity contribution in [3.8, 4) is 0 Å². The highest BCUT2D eigenvalue weighted by atomic mass is 19.3. The van der Waals surface area contributed by atoms with Gasteiger partial charge in [-0.3, -0.25) is 4.79 Å². The standard InChI is InChI=1S/C7H7F4N3O2/c1-3-13-4(16-14-3)2-12-6(15)7(10,11)5(8)9/h5H,2H2,1H3,(H,12,15). The third kappa shape index (κ3) is 2.67. The molecule has 0 saturated heterocycles. The Morgan fingerprint density at radius 3 is 2.62 bits per heavy atom. The quantitative estimate of drug-likeness (QED) is 0.795. The zero-order valence-electron chi connectivity index (χ0n) is 8.01. The van der Waals surface area contributed by atoms with Crippen LogP contribution < -0.4 is 5.32 Å². The van der Waals surface area contributed by atoms with Gasteiger partial charge in [-0.1, -0.05) is 5.16 Å². The first kappa shape index (κ1) is 12.4. The first-order valence-electron chi connectivity index (χ1n) is 4.07. The van der Waals surface area contributed by atoms with Crippen molar-refractivity contribution in [2.24, 2.45) is 0 Å². The van der Waals surface area contributed by atoms with Crippen LogP contribution >= 0.6 is 0 Å². The average molecular weight is 241 g/mol. The monoisotopic (exact) mass is 241 g/mol. The predicted octanol–water partition coefficient (Wildman–Crippen LogP) is 0.895. The van der Waals surface area contributed by atoms with Gasteiger partial charge in [0.25, 0.3) is 5.91 Å². The van der Waals surface area contributed by atoms with E-state index >= 15 is 0 Å². The van der Waals surface area contributed by atoms with Crippen LogP contribution in [0.2, 0.25) is 0 Å². The molecule has 16 heavy (non-hydrogen) atoms. The zero-order chi connectivity index (χ0) is 12.3. The maximum absolute atomic E-state index is 12.4. The van der Waals surface area contributed by atoms with Crippen LogP contribution in [0.1, 0.15) is 11.7 Å². The Kier molecular flexibility index (Phi) is 3.45. The van der Waals surface area contributed by atoms with Crippen molar-refractivity contribution < 1.29 is 26.9 Å². The molecule has 1 rings (SSSR count). The van der Waals surface area contributed by atoms with Crippen molar-refractivity contribution in [2.75, 3.05) is 0 Å². The molecular formula is C7H7F4N3O2. The molecule has 5 nitrogen and oxygen atoms in total. The molecule has 0 spiro atoms. The summed E-state index contributed by atoms with van der Waals surface area (Å²) in [4.78, 5) is 14.2. The second-order valence-electron chi connectivity index (χ2n) is 2.84. The lowest BCUT2D eigenvalue weighted by Gasteiger charge is -2.13. The fourth-order valence-electron chi connectivity index (χ4n) is 0.785. The number of aromatic nitrogens is 2.